The second-order valence-corrected chi connectivity index (χ2v) is 5.04. The first kappa shape index (κ1) is 10.6. The normalized spacial score (nSPS) is 30.5. The van der Waals surface area contributed by atoms with Crippen LogP contribution in [0.3, 0.4) is 0 Å². The Morgan fingerprint density at radius 3 is 3.00 bits per heavy atom. The van der Waals surface area contributed by atoms with E-state index in [-0.39, 0.29) is 11.3 Å². The summed E-state index contributed by atoms with van der Waals surface area (Å²) in [4.78, 5) is 18.2. The average Bonchev–Trinajstić information content (AvgIpc) is 2.91. The van der Waals surface area contributed by atoms with Gasteiger partial charge in [-0.3, -0.25) is 4.79 Å². The molecule has 0 aromatic carbocycles. The molecule has 2 aliphatic rings. The molecule has 92 valence electrons. The highest BCUT2D eigenvalue weighted by molar-refractivity contribution is 5.49. The van der Waals surface area contributed by atoms with Crippen molar-refractivity contribution < 1.29 is 4.74 Å². The number of anilines is 1. The number of nitrogens with one attached hydrogen (secondary N) is 2. The third-order valence-electron chi connectivity index (χ3n) is 4.07. The van der Waals surface area contributed by atoms with Gasteiger partial charge >= 0.3 is 0 Å². The fourth-order valence-electron chi connectivity index (χ4n) is 3.28. The lowest BCUT2D eigenvalue weighted by Gasteiger charge is -2.23. The zero-order chi connectivity index (χ0) is 11.8. The van der Waals surface area contributed by atoms with Crippen LogP contribution in [0.5, 0.6) is 5.75 Å². The van der Waals surface area contributed by atoms with E-state index in [1.54, 1.807) is 0 Å². The van der Waals surface area contributed by atoms with E-state index >= 15 is 0 Å². The molecule has 5 nitrogen and oxygen atoms in total. The summed E-state index contributed by atoms with van der Waals surface area (Å²) >= 11 is 0. The molecule has 0 saturated heterocycles. The molecular weight excluding hydrogens is 218 g/mol. The molecule has 17 heavy (non-hydrogen) atoms. The van der Waals surface area contributed by atoms with Gasteiger partial charge in [-0.1, -0.05) is 6.42 Å². The van der Waals surface area contributed by atoms with Crippen LogP contribution in [-0.4, -0.2) is 23.1 Å². The van der Waals surface area contributed by atoms with Gasteiger partial charge in [-0.25, -0.2) is 4.98 Å². The molecule has 5 heteroatoms. The van der Waals surface area contributed by atoms with Gasteiger partial charge in [-0.05, 0) is 31.1 Å². The van der Waals surface area contributed by atoms with E-state index in [4.69, 9.17) is 4.74 Å². The van der Waals surface area contributed by atoms with Crippen molar-refractivity contribution in [3.05, 3.63) is 16.7 Å². The second kappa shape index (κ2) is 4.05. The SMILES string of the molecule is COc1c(NC2CC3CCC2C3)nc[nH]c1=O. The van der Waals surface area contributed by atoms with Crippen LogP contribution < -0.4 is 15.6 Å². The van der Waals surface area contributed by atoms with Crippen molar-refractivity contribution in [2.45, 2.75) is 31.7 Å². The van der Waals surface area contributed by atoms with E-state index in [1.807, 2.05) is 0 Å². The molecule has 0 amide bonds. The van der Waals surface area contributed by atoms with Crippen LogP contribution in [0.25, 0.3) is 0 Å². The van der Waals surface area contributed by atoms with Crippen LogP contribution in [-0.2, 0) is 0 Å². The lowest BCUT2D eigenvalue weighted by Crippen LogP contribution is -2.27. The van der Waals surface area contributed by atoms with Crippen molar-refractivity contribution in [3.8, 4) is 5.75 Å². The lowest BCUT2D eigenvalue weighted by molar-refractivity contribution is 0.402. The minimum atomic E-state index is -0.229. The molecule has 2 N–H and O–H groups in total. The Kier molecular flexibility index (Phi) is 2.53. The van der Waals surface area contributed by atoms with Gasteiger partial charge < -0.3 is 15.0 Å². The number of ether oxygens (including phenoxy) is 1. The van der Waals surface area contributed by atoms with Crippen LogP contribution in [0.4, 0.5) is 5.82 Å². The quantitative estimate of drug-likeness (QED) is 0.830. The molecule has 2 bridgehead atoms. The third-order valence-corrected chi connectivity index (χ3v) is 4.07. The minimum Gasteiger partial charge on any atom is -0.489 e. The topological polar surface area (TPSA) is 67.0 Å². The third kappa shape index (κ3) is 1.79. The summed E-state index contributed by atoms with van der Waals surface area (Å²) < 4.78 is 5.10. The average molecular weight is 235 g/mol. The van der Waals surface area contributed by atoms with Crippen LogP contribution >= 0.6 is 0 Å². The van der Waals surface area contributed by atoms with Gasteiger partial charge in [-0.2, -0.15) is 0 Å². The highest BCUT2D eigenvalue weighted by atomic mass is 16.5. The Bertz CT molecular complexity index is 471. The summed E-state index contributed by atoms with van der Waals surface area (Å²) in [5, 5.41) is 3.38. The van der Waals surface area contributed by atoms with Crippen LogP contribution in [0.1, 0.15) is 25.7 Å². The Morgan fingerprint density at radius 1 is 1.47 bits per heavy atom. The zero-order valence-corrected chi connectivity index (χ0v) is 9.90. The monoisotopic (exact) mass is 235 g/mol. The second-order valence-electron chi connectivity index (χ2n) is 5.04. The molecule has 2 saturated carbocycles. The van der Waals surface area contributed by atoms with E-state index in [9.17, 15) is 4.79 Å². The van der Waals surface area contributed by atoms with Gasteiger partial charge in [0.1, 0.15) is 0 Å². The van der Waals surface area contributed by atoms with E-state index in [2.05, 4.69) is 15.3 Å². The first-order chi connectivity index (χ1) is 8.28. The summed E-state index contributed by atoms with van der Waals surface area (Å²) in [6.07, 6.45) is 6.60. The Labute approximate surface area is 99.6 Å². The summed E-state index contributed by atoms with van der Waals surface area (Å²) in [6, 6.07) is 0.456. The maximum absolute atomic E-state index is 11.5. The van der Waals surface area contributed by atoms with Gasteiger partial charge in [0.2, 0.25) is 5.75 Å². The van der Waals surface area contributed by atoms with E-state index in [0.717, 1.165) is 11.8 Å². The molecule has 1 aromatic rings. The molecule has 0 aliphatic heterocycles. The van der Waals surface area contributed by atoms with Crippen molar-refractivity contribution in [2.24, 2.45) is 11.8 Å². The number of aromatic amines is 1. The van der Waals surface area contributed by atoms with Gasteiger partial charge in [0, 0.05) is 6.04 Å². The van der Waals surface area contributed by atoms with Crippen molar-refractivity contribution >= 4 is 5.82 Å². The van der Waals surface area contributed by atoms with Gasteiger partial charge in [0.05, 0.1) is 13.4 Å². The fraction of sp³-hybridized carbons (Fsp3) is 0.667. The maximum atomic E-state index is 11.5. The highest BCUT2D eigenvalue weighted by Crippen LogP contribution is 2.45. The molecule has 3 rings (SSSR count). The van der Waals surface area contributed by atoms with Gasteiger partial charge in [0.25, 0.3) is 5.56 Å². The standard InChI is InChI=1S/C12H17N3O2/c1-17-10-11(13-6-14-12(10)16)15-9-5-7-2-3-8(9)4-7/h6-9H,2-5H2,1H3,(H2,13,14,15,16). The molecule has 0 spiro atoms. The maximum Gasteiger partial charge on any atom is 0.295 e. The van der Waals surface area contributed by atoms with Crippen molar-refractivity contribution in [1.29, 1.82) is 0 Å². The van der Waals surface area contributed by atoms with Crippen molar-refractivity contribution in [2.75, 3.05) is 12.4 Å². The lowest BCUT2D eigenvalue weighted by atomic mass is 9.95. The number of nitrogens with zero attached hydrogens (tertiary/aromatic N) is 1. The number of H-pyrrole nitrogens is 1. The van der Waals surface area contributed by atoms with Crippen LogP contribution in [0.2, 0.25) is 0 Å². The number of rotatable bonds is 3. The zero-order valence-electron chi connectivity index (χ0n) is 9.90. The molecule has 1 heterocycles. The van der Waals surface area contributed by atoms with E-state index in [1.165, 1.54) is 39.1 Å². The molecule has 2 aliphatic carbocycles. The minimum absolute atomic E-state index is 0.229. The molecule has 0 radical (unpaired) electrons. The first-order valence-electron chi connectivity index (χ1n) is 6.16. The molecule has 3 unspecified atom stereocenters. The van der Waals surface area contributed by atoms with Crippen LogP contribution in [0, 0.1) is 11.8 Å². The highest BCUT2D eigenvalue weighted by Gasteiger charge is 2.39. The Balaban J connectivity index is 1.81. The van der Waals surface area contributed by atoms with Crippen molar-refractivity contribution in [1.82, 2.24) is 9.97 Å². The number of fused-ring (bicyclic) bond motifs is 2. The molecule has 1 aromatic heterocycles. The number of hydrogen-bond acceptors (Lipinski definition) is 4. The predicted molar refractivity (Wildman–Crippen MR) is 64.3 cm³/mol. The number of hydrogen-bond donors (Lipinski definition) is 2. The van der Waals surface area contributed by atoms with Gasteiger partial charge in [-0.15, -0.1) is 0 Å². The predicted octanol–water partition coefficient (Wildman–Crippen LogP) is 1.38. The molecule has 3 atom stereocenters. The summed E-state index contributed by atoms with van der Waals surface area (Å²) in [6.45, 7) is 0. The summed E-state index contributed by atoms with van der Waals surface area (Å²) in [7, 11) is 1.50. The fourth-order valence-corrected chi connectivity index (χ4v) is 3.28. The number of methoxy groups -OCH3 is 1. The van der Waals surface area contributed by atoms with Crippen molar-refractivity contribution in [3.63, 3.8) is 0 Å². The largest absolute Gasteiger partial charge is 0.489 e. The smallest absolute Gasteiger partial charge is 0.295 e. The Hall–Kier alpha value is -1.52. The van der Waals surface area contributed by atoms with E-state index in [0.29, 0.717) is 11.9 Å². The van der Waals surface area contributed by atoms with Gasteiger partial charge in [0.15, 0.2) is 5.82 Å². The number of aromatic nitrogens is 2. The Morgan fingerprint density at radius 2 is 2.35 bits per heavy atom. The molecular formula is C12H17N3O2. The summed E-state index contributed by atoms with van der Waals surface area (Å²) in [5.74, 6) is 2.47. The van der Waals surface area contributed by atoms with Crippen LogP contribution in [0.15, 0.2) is 11.1 Å². The summed E-state index contributed by atoms with van der Waals surface area (Å²) in [5.41, 5.74) is -0.229. The first-order valence-corrected chi connectivity index (χ1v) is 6.16. The van der Waals surface area contributed by atoms with E-state index < -0.39 is 0 Å². The molecule has 2 fully saturated rings.